The number of hydrogen-bond donors (Lipinski definition) is 1. The normalized spacial score (nSPS) is 11.3. The van der Waals surface area contributed by atoms with Crippen molar-refractivity contribution in [3.8, 4) is 6.07 Å². The van der Waals surface area contributed by atoms with Gasteiger partial charge in [0, 0.05) is 5.39 Å². The summed E-state index contributed by atoms with van der Waals surface area (Å²) in [5.74, 6) is -1.72. The van der Waals surface area contributed by atoms with Crippen molar-refractivity contribution in [2.75, 3.05) is 18.9 Å². The van der Waals surface area contributed by atoms with Crippen LogP contribution < -0.4 is 5.73 Å². The molecule has 1 aromatic heterocycles. The zero-order valence-electron chi connectivity index (χ0n) is 15.4. The molecule has 7 nitrogen and oxygen atoms in total. The quantitative estimate of drug-likeness (QED) is 0.777. The van der Waals surface area contributed by atoms with Crippen LogP contribution in [-0.2, 0) is 27.0 Å². The Labute approximate surface area is 158 Å². The van der Waals surface area contributed by atoms with Crippen molar-refractivity contribution in [3.63, 3.8) is 0 Å². The maximum absolute atomic E-state index is 13.5. The molecular formula is C18H18F3N3O4. The Morgan fingerprint density at radius 2 is 1.86 bits per heavy atom. The number of alkyl halides is 3. The van der Waals surface area contributed by atoms with Gasteiger partial charge in [-0.15, -0.1) is 0 Å². The van der Waals surface area contributed by atoms with E-state index in [9.17, 15) is 28.0 Å². The molecule has 2 N–H and O–H groups in total. The van der Waals surface area contributed by atoms with Gasteiger partial charge in [-0.3, -0.25) is 4.79 Å². The molecule has 0 spiro atoms. The Morgan fingerprint density at radius 1 is 1.25 bits per heavy atom. The summed E-state index contributed by atoms with van der Waals surface area (Å²) >= 11 is 0. The van der Waals surface area contributed by atoms with Gasteiger partial charge < -0.3 is 19.8 Å². The van der Waals surface area contributed by atoms with Gasteiger partial charge in [0.15, 0.2) is 5.69 Å². The molecule has 0 aliphatic heterocycles. The van der Waals surface area contributed by atoms with E-state index in [1.807, 2.05) is 0 Å². The molecule has 150 valence electrons. The standard InChI is InChI=1S/C18H18F3N3O4/c1-4-27-12(25)8-24-15-10(7-22)11(18(19,20)21)6-9(3)13(15)14(23)16(24)17(26)28-5-2/h6H,4-5,8,23H2,1-3H3. The first-order chi connectivity index (χ1) is 13.1. The minimum Gasteiger partial charge on any atom is -0.465 e. The number of carbonyl (C=O) groups excluding carboxylic acids is 2. The molecule has 2 aromatic rings. The van der Waals surface area contributed by atoms with E-state index in [2.05, 4.69) is 0 Å². The van der Waals surface area contributed by atoms with E-state index in [1.165, 1.54) is 13.0 Å². The number of nitriles is 1. The van der Waals surface area contributed by atoms with Crippen molar-refractivity contribution in [1.82, 2.24) is 4.57 Å². The first-order valence-corrected chi connectivity index (χ1v) is 8.33. The third-order valence-corrected chi connectivity index (χ3v) is 4.04. The van der Waals surface area contributed by atoms with Crippen molar-refractivity contribution in [2.24, 2.45) is 0 Å². The molecule has 0 aliphatic rings. The lowest BCUT2D eigenvalue weighted by Gasteiger charge is -2.14. The maximum atomic E-state index is 13.5. The van der Waals surface area contributed by atoms with Crippen LogP contribution in [0, 0.1) is 18.3 Å². The van der Waals surface area contributed by atoms with Crippen LogP contribution in [0.25, 0.3) is 10.9 Å². The Hall–Kier alpha value is -3.22. The lowest BCUT2D eigenvalue weighted by atomic mass is 9.99. The number of ether oxygens (including phenoxy) is 2. The van der Waals surface area contributed by atoms with Crippen molar-refractivity contribution < 1.29 is 32.2 Å². The Kier molecular flexibility index (Phi) is 5.87. The Bertz CT molecular complexity index is 987. The molecule has 0 amide bonds. The highest BCUT2D eigenvalue weighted by Crippen LogP contribution is 2.41. The molecule has 0 fully saturated rings. The molecule has 10 heteroatoms. The van der Waals surface area contributed by atoms with Crippen LogP contribution in [-0.4, -0.2) is 29.7 Å². The van der Waals surface area contributed by atoms with Gasteiger partial charge in [0.1, 0.15) is 12.6 Å². The zero-order valence-corrected chi connectivity index (χ0v) is 15.4. The summed E-state index contributed by atoms with van der Waals surface area (Å²) < 4.78 is 51.1. The lowest BCUT2D eigenvalue weighted by Crippen LogP contribution is -2.20. The number of nitrogens with zero attached hydrogens (tertiary/aromatic N) is 2. The highest BCUT2D eigenvalue weighted by atomic mass is 19.4. The van der Waals surface area contributed by atoms with E-state index in [0.29, 0.717) is 0 Å². The molecule has 0 radical (unpaired) electrons. The fourth-order valence-corrected chi connectivity index (χ4v) is 3.04. The topological polar surface area (TPSA) is 107 Å². The van der Waals surface area contributed by atoms with E-state index in [-0.39, 0.29) is 41.1 Å². The first-order valence-electron chi connectivity index (χ1n) is 8.33. The van der Waals surface area contributed by atoms with E-state index in [1.54, 1.807) is 13.8 Å². The average molecular weight is 397 g/mol. The second-order valence-corrected chi connectivity index (χ2v) is 5.82. The smallest absolute Gasteiger partial charge is 0.417 e. The second kappa shape index (κ2) is 7.80. The summed E-state index contributed by atoms with van der Waals surface area (Å²) in [6, 6.07) is 2.32. The zero-order chi connectivity index (χ0) is 21.2. The minimum absolute atomic E-state index is 0.0168. The van der Waals surface area contributed by atoms with Crippen LogP contribution in [0.5, 0.6) is 0 Å². The van der Waals surface area contributed by atoms with Crippen LogP contribution in [0.3, 0.4) is 0 Å². The summed E-state index contributed by atoms with van der Waals surface area (Å²) in [6.07, 6.45) is -4.82. The molecule has 0 atom stereocenters. The number of halogens is 3. The highest BCUT2D eigenvalue weighted by Gasteiger charge is 2.37. The van der Waals surface area contributed by atoms with Crippen LogP contribution in [0.15, 0.2) is 6.07 Å². The summed E-state index contributed by atoms with van der Waals surface area (Å²) in [5.41, 5.74) is 3.50. The van der Waals surface area contributed by atoms with Gasteiger partial charge in [0.2, 0.25) is 0 Å². The van der Waals surface area contributed by atoms with Crippen molar-refractivity contribution in [2.45, 2.75) is 33.5 Å². The van der Waals surface area contributed by atoms with Crippen LogP contribution in [0.2, 0.25) is 0 Å². The summed E-state index contributed by atoms with van der Waals surface area (Å²) in [6.45, 7) is 3.88. The van der Waals surface area contributed by atoms with Crippen LogP contribution in [0.4, 0.5) is 18.9 Å². The third kappa shape index (κ3) is 3.60. The van der Waals surface area contributed by atoms with Gasteiger partial charge in [0.25, 0.3) is 0 Å². The molecular weight excluding hydrogens is 379 g/mol. The average Bonchev–Trinajstić information content (AvgIpc) is 2.87. The number of rotatable bonds is 5. The number of aromatic nitrogens is 1. The van der Waals surface area contributed by atoms with E-state index in [4.69, 9.17) is 15.2 Å². The largest absolute Gasteiger partial charge is 0.465 e. The number of nitrogens with two attached hydrogens (primary N) is 1. The fourth-order valence-electron chi connectivity index (χ4n) is 3.04. The van der Waals surface area contributed by atoms with Crippen molar-refractivity contribution in [3.05, 3.63) is 28.5 Å². The number of anilines is 1. The summed E-state index contributed by atoms with van der Waals surface area (Å²) in [4.78, 5) is 24.4. The number of benzene rings is 1. The molecule has 0 aliphatic carbocycles. The van der Waals surface area contributed by atoms with E-state index in [0.717, 1.165) is 10.6 Å². The number of nitrogen functional groups attached to an aromatic ring is 1. The number of fused-ring (bicyclic) bond motifs is 1. The molecule has 1 aromatic carbocycles. The molecule has 0 saturated heterocycles. The molecule has 0 saturated carbocycles. The van der Waals surface area contributed by atoms with Crippen molar-refractivity contribution >= 4 is 28.5 Å². The molecule has 0 bridgehead atoms. The lowest BCUT2D eigenvalue weighted by molar-refractivity contribution is -0.143. The molecule has 28 heavy (non-hydrogen) atoms. The van der Waals surface area contributed by atoms with Gasteiger partial charge >= 0.3 is 18.1 Å². The van der Waals surface area contributed by atoms with Gasteiger partial charge in [-0.2, -0.15) is 18.4 Å². The number of carbonyl (C=O) groups is 2. The summed E-state index contributed by atoms with van der Waals surface area (Å²) in [7, 11) is 0. The number of hydrogen-bond acceptors (Lipinski definition) is 6. The van der Waals surface area contributed by atoms with Gasteiger partial charge in [-0.1, -0.05) is 0 Å². The maximum Gasteiger partial charge on any atom is 0.417 e. The SMILES string of the molecule is CCOC(=O)Cn1c(C(=O)OCC)c(N)c2c(C)cc(C(F)(F)F)c(C#N)c21. The van der Waals surface area contributed by atoms with Crippen molar-refractivity contribution in [1.29, 1.82) is 5.26 Å². The minimum atomic E-state index is -4.82. The van der Waals surface area contributed by atoms with E-state index < -0.39 is 35.8 Å². The molecule has 2 rings (SSSR count). The molecule has 1 heterocycles. The second-order valence-electron chi connectivity index (χ2n) is 5.82. The highest BCUT2D eigenvalue weighted by molar-refractivity contribution is 6.09. The summed E-state index contributed by atoms with van der Waals surface area (Å²) in [5, 5.41) is 9.52. The van der Waals surface area contributed by atoms with Crippen LogP contribution in [0.1, 0.15) is 41.0 Å². The van der Waals surface area contributed by atoms with Crippen LogP contribution >= 0.6 is 0 Å². The molecule has 0 unspecified atom stereocenters. The number of aryl methyl sites for hydroxylation is 1. The monoisotopic (exact) mass is 397 g/mol. The first kappa shape index (κ1) is 21.1. The third-order valence-electron chi connectivity index (χ3n) is 4.04. The predicted molar refractivity (Wildman–Crippen MR) is 93.4 cm³/mol. The van der Waals surface area contributed by atoms with Gasteiger partial charge in [0.05, 0.1) is 35.5 Å². The Balaban J connectivity index is 2.99. The Morgan fingerprint density at radius 3 is 2.36 bits per heavy atom. The fraction of sp³-hybridized carbons (Fsp3) is 0.389. The van der Waals surface area contributed by atoms with E-state index >= 15 is 0 Å². The number of esters is 2. The van der Waals surface area contributed by atoms with Gasteiger partial charge in [-0.05, 0) is 32.4 Å². The van der Waals surface area contributed by atoms with Gasteiger partial charge in [-0.25, -0.2) is 4.79 Å². The predicted octanol–water partition coefficient (Wildman–Crippen LogP) is 3.16.